The number of nitrogens with zero attached hydrogens (tertiary/aromatic N) is 4. The van der Waals surface area contributed by atoms with Crippen molar-refractivity contribution in [1.29, 1.82) is 0 Å². The van der Waals surface area contributed by atoms with E-state index in [9.17, 15) is 0 Å². The third kappa shape index (κ3) is 4.50. The summed E-state index contributed by atoms with van der Waals surface area (Å²) in [4.78, 5) is 4.57. The number of hydrogen-bond donors (Lipinski definition) is 0. The minimum atomic E-state index is -0.544. The highest BCUT2D eigenvalue weighted by Gasteiger charge is 2.12. The number of aromatic nitrogens is 4. The first-order valence-electron chi connectivity index (χ1n) is 9.90. The van der Waals surface area contributed by atoms with Gasteiger partial charge in [-0.05, 0) is 42.0 Å². The Bertz CT molecular complexity index is 1150. The molecule has 0 saturated carbocycles. The number of hydrogen-bond acceptors (Lipinski definition) is 3. The summed E-state index contributed by atoms with van der Waals surface area (Å²) in [5, 5.41) is 5.63. The summed E-state index contributed by atoms with van der Waals surface area (Å²) in [5.41, 5.74) is 4.94. The lowest BCUT2D eigenvalue weighted by Gasteiger charge is -2.24. The molecular formula is C24H28N4OS. The molecule has 30 heavy (non-hydrogen) atoms. The molecule has 0 saturated heterocycles. The number of benzene rings is 1. The van der Waals surface area contributed by atoms with Crippen LogP contribution in [0.2, 0.25) is 0 Å². The molecule has 0 aliphatic carbocycles. The van der Waals surface area contributed by atoms with Crippen LogP contribution in [0.15, 0.2) is 73.8 Å². The lowest BCUT2D eigenvalue weighted by atomic mass is 10.0. The van der Waals surface area contributed by atoms with Crippen LogP contribution in [0.25, 0.3) is 22.3 Å². The molecule has 6 heteroatoms. The molecule has 0 N–H and O–H groups in total. The van der Waals surface area contributed by atoms with E-state index in [0.29, 0.717) is 6.73 Å². The van der Waals surface area contributed by atoms with Gasteiger partial charge in [-0.25, -0.2) is 19.7 Å². The molecule has 3 aromatic heterocycles. The Labute approximate surface area is 179 Å². The van der Waals surface area contributed by atoms with Crippen LogP contribution < -0.4 is 0 Å². The molecule has 156 valence electrons. The van der Waals surface area contributed by atoms with Crippen LogP contribution in [0, 0.1) is 0 Å². The maximum Gasteiger partial charge on any atom is 0.143 e. The summed E-state index contributed by atoms with van der Waals surface area (Å²) in [6.45, 7) is 5.51. The summed E-state index contributed by atoms with van der Waals surface area (Å²) in [7, 11) is -0.544. The van der Waals surface area contributed by atoms with Crippen LogP contribution in [0.4, 0.5) is 0 Å². The van der Waals surface area contributed by atoms with Crippen molar-refractivity contribution in [3.05, 3.63) is 85.0 Å². The molecule has 0 unspecified atom stereocenters. The normalized spacial score (nSPS) is 12.4. The van der Waals surface area contributed by atoms with Crippen molar-refractivity contribution in [3.8, 4) is 5.69 Å². The molecule has 0 aliphatic heterocycles. The average Bonchev–Trinajstić information content (AvgIpc) is 3.38. The van der Waals surface area contributed by atoms with E-state index < -0.39 is 10.0 Å². The summed E-state index contributed by atoms with van der Waals surface area (Å²) in [6, 6.07) is 14.2. The zero-order chi connectivity index (χ0) is 21.1. The fourth-order valence-corrected chi connectivity index (χ4v) is 3.89. The molecule has 0 radical (unpaired) electrons. The molecular weight excluding hydrogens is 392 g/mol. The van der Waals surface area contributed by atoms with E-state index in [-0.39, 0.29) is 0 Å². The summed E-state index contributed by atoms with van der Waals surface area (Å²) in [6.07, 6.45) is 14.6. The van der Waals surface area contributed by atoms with Gasteiger partial charge in [-0.1, -0.05) is 36.9 Å². The molecule has 0 bridgehead atoms. The second kappa shape index (κ2) is 8.50. The van der Waals surface area contributed by atoms with Gasteiger partial charge in [0.15, 0.2) is 0 Å². The Morgan fingerprint density at radius 2 is 1.87 bits per heavy atom. The highest BCUT2D eigenvalue weighted by molar-refractivity contribution is 8.32. The second-order valence-corrected chi connectivity index (χ2v) is 12.8. The van der Waals surface area contributed by atoms with E-state index >= 15 is 0 Å². The minimum Gasteiger partial charge on any atom is -0.360 e. The van der Waals surface area contributed by atoms with Crippen molar-refractivity contribution in [2.75, 3.05) is 31.1 Å². The van der Waals surface area contributed by atoms with Crippen molar-refractivity contribution in [1.82, 2.24) is 19.3 Å². The largest absolute Gasteiger partial charge is 0.360 e. The van der Waals surface area contributed by atoms with Gasteiger partial charge >= 0.3 is 0 Å². The first kappa shape index (κ1) is 20.4. The zero-order valence-corrected chi connectivity index (χ0v) is 18.6. The molecule has 5 nitrogen and oxygen atoms in total. The quantitative estimate of drug-likeness (QED) is 0.379. The fourth-order valence-electron chi connectivity index (χ4n) is 3.27. The third-order valence-corrected chi connectivity index (χ3v) is 6.40. The van der Waals surface area contributed by atoms with E-state index in [1.807, 2.05) is 58.3 Å². The van der Waals surface area contributed by atoms with Gasteiger partial charge < -0.3 is 9.30 Å². The maximum atomic E-state index is 5.90. The van der Waals surface area contributed by atoms with Gasteiger partial charge in [-0.2, -0.15) is 5.10 Å². The molecule has 0 aliphatic rings. The van der Waals surface area contributed by atoms with Gasteiger partial charge in [-0.3, -0.25) is 0 Å². The molecule has 0 amide bonds. The third-order valence-electron chi connectivity index (χ3n) is 5.01. The van der Waals surface area contributed by atoms with E-state index in [4.69, 9.17) is 4.74 Å². The second-order valence-electron chi connectivity index (χ2n) is 8.20. The van der Waals surface area contributed by atoms with Crippen molar-refractivity contribution in [2.45, 2.75) is 6.73 Å². The van der Waals surface area contributed by atoms with Crippen molar-refractivity contribution >= 4 is 26.6 Å². The lowest BCUT2D eigenvalue weighted by molar-refractivity contribution is 0.0924. The van der Waals surface area contributed by atoms with Gasteiger partial charge in [0.2, 0.25) is 0 Å². The molecule has 1 aromatic carbocycles. The Balaban J connectivity index is 1.55. The molecule has 0 spiro atoms. The Hall–Kier alpha value is -2.83. The first-order valence-corrected chi connectivity index (χ1v) is 12.9. The van der Waals surface area contributed by atoms with Crippen molar-refractivity contribution in [3.63, 3.8) is 0 Å². The number of pyridine rings is 1. The highest BCUT2D eigenvalue weighted by atomic mass is 32.3. The highest BCUT2D eigenvalue weighted by Crippen LogP contribution is 2.33. The van der Waals surface area contributed by atoms with Crippen LogP contribution >= 0.6 is 10.0 Å². The summed E-state index contributed by atoms with van der Waals surface area (Å²) >= 11 is 0. The van der Waals surface area contributed by atoms with Gasteiger partial charge in [0, 0.05) is 35.3 Å². The van der Waals surface area contributed by atoms with Gasteiger partial charge in [0.05, 0.1) is 18.5 Å². The SMILES string of the molecule is C=C(c1ccccc1)c1cnn(-c2ccnc3c2ccn3COCCS(C)(C)C)c1. The average molecular weight is 421 g/mol. The molecule has 3 heterocycles. The van der Waals surface area contributed by atoms with Crippen LogP contribution in [0.3, 0.4) is 0 Å². The van der Waals surface area contributed by atoms with Crippen molar-refractivity contribution in [2.24, 2.45) is 0 Å². The molecule has 4 rings (SSSR count). The zero-order valence-electron chi connectivity index (χ0n) is 17.8. The predicted molar refractivity (Wildman–Crippen MR) is 128 cm³/mol. The van der Waals surface area contributed by atoms with E-state index in [1.54, 1.807) is 0 Å². The Kier molecular flexibility index (Phi) is 5.79. The van der Waals surface area contributed by atoms with Gasteiger partial charge in [-0.15, -0.1) is 0 Å². The predicted octanol–water partition coefficient (Wildman–Crippen LogP) is 4.95. The molecule has 0 fully saturated rings. The molecule has 0 atom stereocenters. The lowest BCUT2D eigenvalue weighted by Crippen LogP contribution is -2.09. The monoisotopic (exact) mass is 420 g/mol. The van der Waals surface area contributed by atoms with E-state index in [0.717, 1.165) is 45.8 Å². The van der Waals surface area contributed by atoms with E-state index in [1.165, 1.54) is 0 Å². The minimum absolute atomic E-state index is 0.505. The van der Waals surface area contributed by atoms with Crippen LogP contribution in [-0.2, 0) is 11.5 Å². The Morgan fingerprint density at radius 3 is 2.63 bits per heavy atom. The summed E-state index contributed by atoms with van der Waals surface area (Å²) < 4.78 is 9.84. The van der Waals surface area contributed by atoms with Crippen LogP contribution in [0.1, 0.15) is 11.1 Å². The first-order chi connectivity index (χ1) is 14.4. The fraction of sp³-hybridized carbons (Fsp3) is 0.250. The summed E-state index contributed by atoms with van der Waals surface area (Å²) in [5.74, 6) is 1.10. The Morgan fingerprint density at radius 1 is 1.07 bits per heavy atom. The smallest absolute Gasteiger partial charge is 0.143 e. The van der Waals surface area contributed by atoms with Crippen LogP contribution in [-0.4, -0.2) is 50.5 Å². The number of rotatable bonds is 8. The van der Waals surface area contributed by atoms with Crippen LogP contribution in [0.5, 0.6) is 0 Å². The van der Waals surface area contributed by atoms with Crippen molar-refractivity contribution < 1.29 is 4.74 Å². The standard InChI is InChI=1S/C24H28N4OS/c1-19(20-8-6-5-7-9-20)21-16-26-28(17-21)23-10-12-25-24-22(23)11-13-27(24)18-29-14-15-30(2,3)4/h5-13,16-17H,1,14-15,18H2,2-4H3. The van der Waals surface area contributed by atoms with Gasteiger partial charge in [0.25, 0.3) is 0 Å². The molecule has 4 aromatic rings. The van der Waals surface area contributed by atoms with E-state index in [2.05, 4.69) is 53.6 Å². The number of ether oxygens (including phenoxy) is 1. The number of fused-ring (bicyclic) bond motifs is 1. The topological polar surface area (TPSA) is 44.9 Å². The maximum absolute atomic E-state index is 5.90. The van der Waals surface area contributed by atoms with Gasteiger partial charge in [0.1, 0.15) is 12.4 Å².